The van der Waals surface area contributed by atoms with E-state index in [2.05, 4.69) is 10.3 Å². The second-order valence-electron chi connectivity index (χ2n) is 5.18. The van der Waals surface area contributed by atoms with Crippen LogP contribution in [0.15, 0.2) is 48.7 Å². The van der Waals surface area contributed by atoms with E-state index >= 15 is 0 Å². The number of nitro groups is 1. The predicted octanol–water partition coefficient (Wildman–Crippen LogP) is 2.82. The highest BCUT2D eigenvalue weighted by molar-refractivity contribution is 5.73. The van der Waals surface area contributed by atoms with E-state index in [0.29, 0.717) is 25.4 Å². The first kappa shape index (κ1) is 17.4. The van der Waals surface area contributed by atoms with Crippen LogP contribution < -0.4 is 5.32 Å². The number of nitrogens with zero attached hydrogens (tertiary/aromatic N) is 2. The smallest absolute Gasteiger partial charge is 0.311 e. The molecule has 1 heterocycles. The molecule has 0 aliphatic heterocycles. The number of esters is 1. The van der Waals surface area contributed by atoms with Crippen molar-refractivity contribution in [2.45, 2.75) is 13.3 Å². The average molecular weight is 329 g/mol. The lowest BCUT2D eigenvalue weighted by Crippen LogP contribution is -2.27. The van der Waals surface area contributed by atoms with E-state index in [1.807, 2.05) is 30.3 Å². The molecule has 0 spiro atoms. The maximum atomic E-state index is 12.1. The zero-order valence-electron chi connectivity index (χ0n) is 13.3. The molecule has 7 nitrogen and oxygen atoms in total. The molecule has 1 aromatic heterocycles. The molecule has 1 atom stereocenters. The summed E-state index contributed by atoms with van der Waals surface area (Å²) in [6.45, 7) is 2.42. The minimum absolute atomic E-state index is 0.0771. The van der Waals surface area contributed by atoms with Crippen molar-refractivity contribution >= 4 is 17.5 Å². The van der Waals surface area contributed by atoms with Crippen LogP contribution in [0.1, 0.15) is 12.5 Å². The van der Waals surface area contributed by atoms with Gasteiger partial charge in [0.2, 0.25) is 0 Å². The molecule has 0 saturated heterocycles. The summed E-state index contributed by atoms with van der Waals surface area (Å²) >= 11 is 0. The molecule has 2 aromatic rings. The first-order chi connectivity index (χ1) is 11.6. The van der Waals surface area contributed by atoms with Crippen molar-refractivity contribution in [3.05, 3.63) is 64.3 Å². The Morgan fingerprint density at radius 3 is 2.62 bits per heavy atom. The van der Waals surface area contributed by atoms with Crippen LogP contribution in [0.3, 0.4) is 0 Å². The number of ether oxygens (including phenoxy) is 1. The third-order valence-corrected chi connectivity index (χ3v) is 3.43. The van der Waals surface area contributed by atoms with Gasteiger partial charge in [0.05, 0.1) is 17.4 Å². The number of benzene rings is 1. The highest BCUT2D eigenvalue weighted by Gasteiger charge is 2.20. The van der Waals surface area contributed by atoms with Crippen molar-refractivity contribution in [3.8, 4) is 0 Å². The Kier molecular flexibility index (Phi) is 6.24. The minimum atomic E-state index is -0.506. The number of hydrogen-bond donors (Lipinski definition) is 1. The van der Waals surface area contributed by atoms with Crippen LogP contribution in [0.5, 0.6) is 0 Å². The second-order valence-corrected chi connectivity index (χ2v) is 5.18. The zero-order valence-corrected chi connectivity index (χ0v) is 13.3. The number of nitrogens with one attached hydrogen (secondary N) is 1. The van der Waals surface area contributed by atoms with Crippen LogP contribution in [-0.4, -0.2) is 29.0 Å². The molecular formula is C17H19N3O4. The van der Waals surface area contributed by atoms with E-state index in [9.17, 15) is 14.9 Å². The quantitative estimate of drug-likeness (QED) is 0.454. The third kappa shape index (κ3) is 5.05. The minimum Gasteiger partial charge on any atom is -0.466 e. The summed E-state index contributed by atoms with van der Waals surface area (Å²) < 4.78 is 5.13. The van der Waals surface area contributed by atoms with E-state index in [4.69, 9.17) is 4.74 Å². The molecule has 1 N–H and O–H groups in total. The summed E-state index contributed by atoms with van der Waals surface area (Å²) in [5, 5.41) is 13.7. The fraction of sp³-hybridized carbons (Fsp3) is 0.294. The number of hydrogen-bond acceptors (Lipinski definition) is 6. The zero-order chi connectivity index (χ0) is 17.4. The lowest BCUT2D eigenvalue weighted by molar-refractivity contribution is -0.385. The van der Waals surface area contributed by atoms with Crippen molar-refractivity contribution in [1.82, 2.24) is 4.98 Å². The highest BCUT2D eigenvalue weighted by atomic mass is 16.6. The van der Waals surface area contributed by atoms with Crippen molar-refractivity contribution in [2.24, 2.45) is 5.92 Å². The molecule has 2 rings (SSSR count). The Balaban J connectivity index is 2.01. The van der Waals surface area contributed by atoms with E-state index in [-0.39, 0.29) is 17.6 Å². The van der Waals surface area contributed by atoms with Crippen LogP contribution in [0.2, 0.25) is 0 Å². The predicted molar refractivity (Wildman–Crippen MR) is 89.7 cm³/mol. The molecule has 0 aliphatic rings. The second kappa shape index (κ2) is 8.61. The number of rotatable bonds is 8. The number of aromatic nitrogens is 1. The number of carbonyl (C=O) groups excluding carboxylic acids is 1. The topological polar surface area (TPSA) is 94.4 Å². The first-order valence-electron chi connectivity index (χ1n) is 7.65. The summed E-state index contributed by atoms with van der Waals surface area (Å²) in [6.07, 6.45) is 1.72. The monoisotopic (exact) mass is 329 g/mol. The molecule has 0 aliphatic carbocycles. The van der Waals surface area contributed by atoms with Gasteiger partial charge in [0, 0.05) is 12.6 Å². The van der Waals surface area contributed by atoms with Crippen LogP contribution in [0.4, 0.5) is 11.5 Å². The van der Waals surface area contributed by atoms with Gasteiger partial charge in [-0.1, -0.05) is 30.3 Å². The molecule has 1 aromatic carbocycles. The normalized spacial score (nSPS) is 11.5. The molecule has 0 fully saturated rings. The molecule has 7 heteroatoms. The van der Waals surface area contributed by atoms with Crippen molar-refractivity contribution in [3.63, 3.8) is 0 Å². The lowest BCUT2D eigenvalue weighted by Gasteiger charge is -2.16. The van der Waals surface area contributed by atoms with E-state index in [1.54, 1.807) is 6.92 Å². The highest BCUT2D eigenvalue weighted by Crippen LogP contribution is 2.15. The Morgan fingerprint density at radius 1 is 1.29 bits per heavy atom. The molecule has 126 valence electrons. The lowest BCUT2D eigenvalue weighted by atomic mass is 9.99. The Morgan fingerprint density at radius 2 is 2.04 bits per heavy atom. The number of pyridine rings is 1. The number of anilines is 1. The fourth-order valence-electron chi connectivity index (χ4n) is 2.22. The summed E-state index contributed by atoms with van der Waals surface area (Å²) in [6, 6.07) is 12.6. The van der Waals surface area contributed by atoms with Gasteiger partial charge >= 0.3 is 5.97 Å². The van der Waals surface area contributed by atoms with Crippen molar-refractivity contribution in [2.75, 3.05) is 18.5 Å². The summed E-state index contributed by atoms with van der Waals surface area (Å²) in [7, 11) is 0. The Hall–Kier alpha value is -2.96. The van der Waals surface area contributed by atoms with Gasteiger partial charge in [-0.05, 0) is 25.0 Å². The van der Waals surface area contributed by atoms with Gasteiger partial charge in [0.25, 0.3) is 5.69 Å². The van der Waals surface area contributed by atoms with Crippen LogP contribution in [0.25, 0.3) is 0 Å². The Bertz CT molecular complexity index is 674. The molecule has 24 heavy (non-hydrogen) atoms. The van der Waals surface area contributed by atoms with Crippen LogP contribution in [0, 0.1) is 16.0 Å². The van der Waals surface area contributed by atoms with Gasteiger partial charge in [-0.15, -0.1) is 0 Å². The SMILES string of the molecule is CCOC(=O)[C@@H](CNc1ccc([N+](=O)[O-])cn1)Cc1ccccc1. The standard InChI is InChI=1S/C17H19N3O4/c1-2-24-17(21)14(10-13-6-4-3-5-7-13)11-18-16-9-8-15(12-19-16)20(22)23/h3-9,12,14H,2,10-11H2,1H3,(H,18,19)/t14-/m1/s1. The van der Waals surface area contributed by atoms with E-state index < -0.39 is 4.92 Å². The van der Waals surface area contributed by atoms with Gasteiger partial charge in [-0.3, -0.25) is 14.9 Å². The third-order valence-electron chi connectivity index (χ3n) is 3.43. The largest absolute Gasteiger partial charge is 0.466 e. The molecular weight excluding hydrogens is 310 g/mol. The van der Waals surface area contributed by atoms with Crippen LogP contribution in [-0.2, 0) is 16.0 Å². The molecule has 0 radical (unpaired) electrons. The van der Waals surface area contributed by atoms with Crippen LogP contribution >= 0.6 is 0 Å². The number of carbonyl (C=O) groups is 1. The molecule has 0 unspecified atom stereocenters. The molecule has 0 amide bonds. The summed E-state index contributed by atoms with van der Waals surface area (Å²) in [5.74, 6) is -0.178. The fourth-order valence-corrected chi connectivity index (χ4v) is 2.22. The average Bonchev–Trinajstić information content (AvgIpc) is 2.60. The summed E-state index contributed by atoms with van der Waals surface area (Å²) in [4.78, 5) is 26.2. The maximum Gasteiger partial charge on any atom is 0.311 e. The maximum absolute atomic E-state index is 12.1. The Labute approximate surface area is 139 Å². The summed E-state index contributed by atoms with van der Waals surface area (Å²) in [5.41, 5.74) is 0.959. The van der Waals surface area contributed by atoms with Gasteiger partial charge in [-0.25, -0.2) is 4.98 Å². The van der Waals surface area contributed by atoms with E-state index in [0.717, 1.165) is 5.56 Å². The van der Waals surface area contributed by atoms with Gasteiger partial charge in [-0.2, -0.15) is 0 Å². The molecule has 0 saturated carbocycles. The molecule has 0 bridgehead atoms. The van der Waals surface area contributed by atoms with Gasteiger partial charge in [0.15, 0.2) is 0 Å². The van der Waals surface area contributed by atoms with E-state index in [1.165, 1.54) is 18.3 Å². The van der Waals surface area contributed by atoms with Crippen molar-refractivity contribution in [1.29, 1.82) is 0 Å². The van der Waals surface area contributed by atoms with Gasteiger partial charge in [0.1, 0.15) is 12.0 Å². The van der Waals surface area contributed by atoms with Gasteiger partial charge < -0.3 is 10.1 Å². The first-order valence-corrected chi connectivity index (χ1v) is 7.65. The van der Waals surface area contributed by atoms with Crippen molar-refractivity contribution < 1.29 is 14.5 Å².